The van der Waals surface area contributed by atoms with Crippen LogP contribution in [0.5, 0.6) is 11.5 Å². The molecular formula is C50H66F4O11. The first-order chi connectivity index (χ1) is 30.3. The average molecular weight is 919 g/mol. The number of carbonyl (C=O) groups is 2. The van der Waals surface area contributed by atoms with E-state index in [0.717, 1.165) is 0 Å². The van der Waals surface area contributed by atoms with Gasteiger partial charge in [0.25, 0.3) is 0 Å². The Morgan fingerprint density at radius 1 is 0.846 bits per heavy atom. The Kier molecular flexibility index (Phi) is 18.6. The predicted molar refractivity (Wildman–Crippen MR) is 239 cm³/mol. The molecule has 3 aliphatic heterocycles. The van der Waals surface area contributed by atoms with Gasteiger partial charge in [0.05, 0.1) is 41.6 Å². The lowest BCUT2D eigenvalue weighted by atomic mass is 9.94. The third kappa shape index (κ3) is 15.3. The van der Waals surface area contributed by atoms with E-state index in [-0.39, 0.29) is 76.8 Å². The maximum Gasteiger partial charge on any atom is 0.387 e. The van der Waals surface area contributed by atoms with Crippen LogP contribution in [-0.4, -0.2) is 83.6 Å². The zero-order valence-corrected chi connectivity index (χ0v) is 39.4. The third-order valence-corrected chi connectivity index (χ3v) is 11.6. The summed E-state index contributed by atoms with van der Waals surface area (Å²) < 4.78 is 90.1. The molecule has 10 atom stereocenters. The van der Waals surface area contributed by atoms with Crippen molar-refractivity contribution in [2.24, 2.45) is 23.7 Å². The molecule has 0 bridgehead atoms. The molecule has 0 saturated carbocycles. The first-order valence-corrected chi connectivity index (χ1v) is 22.0. The van der Waals surface area contributed by atoms with Gasteiger partial charge in [0, 0.05) is 17.8 Å². The fourth-order valence-corrected chi connectivity index (χ4v) is 7.95. The van der Waals surface area contributed by atoms with E-state index < -0.39 is 42.8 Å². The number of carboxylic acids is 1. The maximum atomic E-state index is 13.0. The van der Waals surface area contributed by atoms with Crippen molar-refractivity contribution in [1.29, 1.82) is 0 Å². The summed E-state index contributed by atoms with van der Waals surface area (Å²) in [6.45, 7) is 16.2. The minimum Gasteiger partial charge on any atom is -0.478 e. The van der Waals surface area contributed by atoms with Crippen LogP contribution in [0.4, 0.5) is 17.6 Å². The number of hydrogen-bond acceptors (Lipinski definition) is 10. The van der Waals surface area contributed by atoms with Gasteiger partial charge in [-0.25, -0.2) is 9.59 Å². The lowest BCUT2D eigenvalue weighted by molar-refractivity contribution is -0.148. The van der Waals surface area contributed by atoms with Crippen molar-refractivity contribution in [3.63, 3.8) is 0 Å². The molecular weight excluding hydrogens is 853 g/mol. The van der Waals surface area contributed by atoms with Crippen LogP contribution in [0.1, 0.15) is 125 Å². The minimum absolute atomic E-state index is 0.00143. The Bertz CT molecular complexity index is 2060. The van der Waals surface area contributed by atoms with Crippen molar-refractivity contribution in [2.75, 3.05) is 0 Å². The van der Waals surface area contributed by atoms with Crippen LogP contribution in [-0.2, 0) is 23.7 Å². The van der Waals surface area contributed by atoms with Gasteiger partial charge >= 0.3 is 25.2 Å². The average Bonchev–Trinajstić information content (AvgIpc) is 3.67. The molecule has 0 aliphatic carbocycles. The molecule has 0 spiro atoms. The highest BCUT2D eigenvalue weighted by Gasteiger charge is 2.44. The van der Waals surface area contributed by atoms with Crippen LogP contribution in [0.2, 0.25) is 0 Å². The van der Waals surface area contributed by atoms with E-state index in [9.17, 15) is 37.4 Å². The molecule has 11 nitrogen and oxygen atoms in total. The summed E-state index contributed by atoms with van der Waals surface area (Å²) in [7, 11) is 0. The van der Waals surface area contributed by atoms with Gasteiger partial charge < -0.3 is 43.4 Å². The highest BCUT2D eigenvalue weighted by Crippen LogP contribution is 2.37. The minimum atomic E-state index is -3.00. The molecule has 360 valence electrons. The summed E-state index contributed by atoms with van der Waals surface area (Å²) in [6.07, 6.45) is 14.2. The Morgan fingerprint density at radius 2 is 1.45 bits per heavy atom. The van der Waals surface area contributed by atoms with Gasteiger partial charge in [-0.1, -0.05) is 76.3 Å². The van der Waals surface area contributed by atoms with E-state index in [0.29, 0.717) is 35.1 Å². The molecule has 15 heteroatoms. The molecule has 2 N–H and O–H groups in total. The van der Waals surface area contributed by atoms with Crippen molar-refractivity contribution in [3.05, 3.63) is 94.1 Å². The topological polar surface area (TPSA) is 139 Å². The number of hydrogen-bond donors (Lipinski definition) is 2. The summed E-state index contributed by atoms with van der Waals surface area (Å²) in [4.78, 5) is 24.7. The van der Waals surface area contributed by atoms with Crippen LogP contribution in [0, 0.1) is 37.5 Å². The smallest absolute Gasteiger partial charge is 0.387 e. The number of carboxylic acid groups (broad SMARTS) is 1. The van der Waals surface area contributed by atoms with E-state index in [1.54, 1.807) is 32.1 Å². The largest absolute Gasteiger partial charge is 0.478 e. The van der Waals surface area contributed by atoms with Crippen molar-refractivity contribution in [2.45, 2.75) is 157 Å². The molecule has 3 aliphatic rings. The number of ether oxygens (including phenoxy) is 7. The van der Waals surface area contributed by atoms with Crippen molar-refractivity contribution in [3.8, 4) is 11.5 Å². The number of esters is 1. The number of rotatable bonds is 12. The highest BCUT2D eigenvalue weighted by atomic mass is 19.3. The van der Waals surface area contributed by atoms with Crippen molar-refractivity contribution < 1.29 is 70.5 Å². The molecule has 5 rings (SSSR count). The van der Waals surface area contributed by atoms with Gasteiger partial charge in [0.15, 0.2) is 11.6 Å². The monoisotopic (exact) mass is 918 g/mol. The predicted octanol–water partition coefficient (Wildman–Crippen LogP) is 11.3. The molecule has 0 radical (unpaired) electrons. The zero-order chi connectivity index (χ0) is 48.6. The second-order valence-electron chi connectivity index (χ2n) is 18.1. The quantitative estimate of drug-likeness (QED) is 0.119. The summed E-state index contributed by atoms with van der Waals surface area (Å²) in [5.41, 5.74) is 1.91. The SMILES string of the molecule is Cc1cc(OC(F)F)cc(/C=C/C[C@@H]2OC(C)(C)O[C@@H]2C(C)/C=C\[C@@H](C)[C@H](C)O)c1C(=O)O.Cc1cc(OC(F)F)cc2c1C(=O)O[C@@H](C)[C@H](C)/C=C\C(C)[C@H]1OC(C)(C)O[C@H]1C/C=C/2. The lowest BCUT2D eigenvalue weighted by Gasteiger charge is -2.23. The molecule has 2 saturated heterocycles. The van der Waals surface area contributed by atoms with Crippen LogP contribution >= 0.6 is 0 Å². The second kappa shape index (κ2) is 22.8. The number of alkyl halides is 4. The van der Waals surface area contributed by atoms with E-state index in [1.807, 2.05) is 79.7 Å². The highest BCUT2D eigenvalue weighted by molar-refractivity contribution is 5.96. The fourth-order valence-electron chi connectivity index (χ4n) is 7.95. The summed E-state index contributed by atoms with van der Waals surface area (Å²) in [5.74, 6) is -3.18. The van der Waals surface area contributed by atoms with Gasteiger partial charge in [0.2, 0.25) is 0 Å². The lowest BCUT2D eigenvalue weighted by Crippen LogP contribution is -2.29. The normalized spacial score (nSPS) is 27.8. The number of aliphatic hydroxyl groups is 1. The van der Waals surface area contributed by atoms with Crippen LogP contribution in [0.25, 0.3) is 12.2 Å². The van der Waals surface area contributed by atoms with Crippen LogP contribution in [0.15, 0.2) is 60.7 Å². The van der Waals surface area contributed by atoms with Gasteiger partial charge in [0.1, 0.15) is 17.6 Å². The number of benzene rings is 2. The van der Waals surface area contributed by atoms with Gasteiger partial charge in [-0.15, -0.1) is 0 Å². The van der Waals surface area contributed by atoms with Crippen molar-refractivity contribution >= 4 is 24.1 Å². The molecule has 2 unspecified atom stereocenters. The second-order valence-corrected chi connectivity index (χ2v) is 18.1. The number of aliphatic hydroxyl groups excluding tert-OH is 1. The number of carbonyl (C=O) groups excluding carboxylic acids is 1. The number of aromatic carboxylic acids is 1. The van der Waals surface area contributed by atoms with E-state index in [1.165, 1.54) is 31.2 Å². The number of fused-ring (bicyclic) bond motifs is 2. The molecule has 65 heavy (non-hydrogen) atoms. The number of cyclic esters (lactones) is 1. The maximum absolute atomic E-state index is 13.0. The van der Waals surface area contributed by atoms with Gasteiger partial charge in [-0.05, 0) is 121 Å². The fraction of sp³-hybridized carbons (Fsp3) is 0.560. The van der Waals surface area contributed by atoms with Gasteiger partial charge in [-0.2, -0.15) is 17.6 Å². The van der Waals surface area contributed by atoms with Crippen LogP contribution in [0.3, 0.4) is 0 Å². The molecule has 2 fully saturated rings. The van der Waals surface area contributed by atoms with E-state index in [4.69, 9.17) is 23.7 Å². The third-order valence-electron chi connectivity index (χ3n) is 11.6. The molecule has 0 aromatic heterocycles. The molecule has 3 heterocycles. The summed E-state index contributed by atoms with van der Waals surface area (Å²) in [6, 6.07) is 5.42. The van der Waals surface area contributed by atoms with Crippen LogP contribution < -0.4 is 9.47 Å². The standard InChI is InChI=1S/C25H34F2O6.C25H32F2O5/c1-14(17(4)28)10-11-15(2)22-20(32-25(5,6)33-22)9-7-8-18-13-19(31-24(26)27)12-16(3)21(18)23(29)30;1-14-10-11-15(2)22-20(31-25(5,6)32-22)9-7-8-18-13-19(30-24(26)27)12-16(3)21(18)23(28)29-17(14)4/h7-8,10-15,17,20,22,24,28H,9H2,1-6H3,(H,29,30);7-8,10-15,17,20,22,24H,9H2,1-6H3/b2*8-7+,11-10-/t2*14-,15?,17+,20+,22-/m11/s1. The Labute approximate surface area is 380 Å². The van der Waals surface area contributed by atoms with E-state index >= 15 is 0 Å². The van der Waals surface area contributed by atoms with Crippen molar-refractivity contribution in [1.82, 2.24) is 0 Å². The summed E-state index contributed by atoms with van der Waals surface area (Å²) in [5, 5.41) is 19.3. The number of halogens is 4. The Morgan fingerprint density at radius 3 is 2.06 bits per heavy atom. The van der Waals surface area contributed by atoms with E-state index in [2.05, 4.69) is 22.5 Å². The first kappa shape index (κ1) is 53.1. The molecule has 0 amide bonds. The first-order valence-electron chi connectivity index (χ1n) is 22.0. The zero-order valence-electron chi connectivity index (χ0n) is 39.4. The summed E-state index contributed by atoms with van der Waals surface area (Å²) >= 11 is 0. The Balaban J connectivity index is 0.000000285. The molecule has 2 aromatic carbocycles. The number of aryl methyl sites for hydroxylation is 2. The Hall–Kier alpha value is -4.54. The van der Waals surface area contributed by atoms with Gasteiger partial charge in [-0.3, -0.25) is 0 Å². The molecule has 2 aromatic rings.